The van der Waals surface area contributed by atoms with Crippen molar-refractivity contribution in [2.75, 3.05) is 47.5 Å². The van der Waals surface area contributed by atoms with E-state index in [0.717, 1.165) is 64.2 Å². The number of esters is 2. The van der Waals surface area contributed by atoms with Crippen LogP contribution in [0, 0.1) is 0 Å². The van der Waals surface area contributed by atoms with Crippen molar-refractivity contribution in [2.24, 2.45) is 0 Å². The molecule has 528 valence electrons. The number of aliphatic carboxylic acids is 1. The predicted molar refractivity (Wildman–Crippen MR) is 385 cm³/mol. The van der Waals surface area contributed by atoms with E-state index < -0.39 is 24.3 Å². The van der Waals surface area contributed by atoms with E-state index in [4.69, 9.17) is 18.9 Å². The van der Waals surface area contributed by atoms with Crippen molar-refractivity contribution in [3.05, 3.63) is 48.6 Å². The highest BCUT2D eigenvalue weighted by Crippen LogP contribution is 2.20. The van der Waals surface area contributed by atoms with Gasteiger partial charge in [0.1, 0.15) is 13.2 Å². The van der Waals surface area contributed by atoms with Crippen LogP contribution >= 0.6 is 0 Å². The lowest BCUT2D eigenvalue weighted by Crippen LogP contribution is -2.44. The second kappa shape index (κ2) is 72.1. The number of allylic oxidation sites excluding steroid dienone is 8. The van der Waals surface area contributed by atoms with Crippen LogP contribution in [0.5, 0.6) is 0 Å². The maximum atomic E-state index is 13.0. The quantitative estimate of drug-likeness (QED) is 0.0195. The van der Waals surface area contributed by atoms with E-state index in [1.54, 1.807) is 0 Å². The molecule has 0 aliphatic carbocycles. The number of quaternary nitrogens is 1. The highest BCUT2D eigenvalue weighted by Gasteiger charge is 2.22. The maximum Gasteiger partial charge on any atom is 0.306 e. The summed E-state index contributed by atoms with van der Waals surface area (Å²) in [7, 11) is 5.95. The Morgan fingerprint density at radius 3 is 0.944 bits per heavy atom. The summed E-state index contributed by atoms with van der Waals surface area (Å²) in [6.45, 7) is 4.72. The Morgan fingerprint density at radius 2 is 0.633 bits per heavy atom. The molecule has 9 nitrogen and oxygen atoms in total. The topological polar surface area (TPSA) is 111 Å². The molecule has 0 radical (unpaired) electrons. The molecule has 0 heterocycles. The van der Waals surface area contributed by atoms with Crippen LogP contribution in [-0.2, 0) is 33.3 Å². The van der Waals surface area contributed by atoms with Gasteiger partial charge in [-0.25, -0.2) is 0 Å². The van der Waals surface area contributed by atoms with Crippen molar-refractivity contribution in [1.82, 2.24) is 0 Å². The number of carbonyl (C=O) groups is 3. The van der Waals surface area contributed by atoms with E-state index in [-0.39, 0.29) is 32.2 Å². The van der Waals surface area contributed by atoms with Crippen LogP contribution in [0.15, 0.2) is 48.6 Å². The third-order valence-corrected chi connectivity index (χ3v) is 17.8. The fourth-order valence-corrected chi connectivity index (χ4v) is 11.9. The number of hydrogen-bond acceptors (Lipinski definition) is 8. The second-order valence-corrected chi connectivity index (χ2v) is 28.0. The fourth-order valence-electron chi connectivity index (χ4n) is 11.9. The zero-order valence-electron chi connectivity index (χ0n) is 60.5. The molecule has 2 atom stereocenters. The van der Waals surface area contributed by atoms with Crippen molar-refractivity contribution in [3.63, 3.8) is 0 Å². The predicted octanol–water partition coefficient (Wildman–Crippen LogP) is 23.5. The number of unbranched alkanes of at least 4 members (excludes halogenated alkanes) is 51. The second-order valence-electron chi connectivity index (χ2n) is 28.0. The van der Waals surface area contributed by atoms with Crippen molar-refractivity contribution in [3.8, 4) is 0 Å². The highest BCUT2D eigenvalue weighted by molar-refractivity contribution is 5.70. The molecule has 0 spiro atoms. The largest absolute Gasteiger partial charge is 0.545 e. The van der Waals surface area contributed by atoms with Gasteiger partial charge in [0.05, 0.1) is 40.3 Å². The third-order valence-electron chi connectivity index (χ3n) is 17.8. The van der Waals surface area contributed by atoms with Gasteiger partial charge >= 0.3 is 11.9 Å². The van der Waals surface area contributed by atoms with Crippen molar-refractivity contribution < 1.29 is 42.9 Å². The van der Waals surface area contributed by atoms with Gasteiger partial charge in [-0.3, -0.25) is 9.59 Å². The molecular formula is C81H151NO8. The van der Waals surface area contributed by atoms with Crippen LogP contribution in [0.25, 0.3) is 0 Å². The number of nitrogens with zero attached hydrogens (tertiary/aromatic N) is 1. The van der Waals surface area contributed by atoms with Crippen molar-refractivity contribution in [1.29, 1.82) is 0 Å². The molecule has 0 saturated carbocycles. The molecule has 0 aromatic carbocycles. The van der Waals surface area contributed by atoms with Gasteiger partial charge in [0, 0.05) is 12.8 Å². The van der Waals surface area contributed by atoms with Gasteiger partial charge in [-0.1, -0.05) is 377 Å². The smallest absolute Gasteiger partial charge is 0.306 e. The summed E-state index contributed by atoms with van der Waals surface area (Å²) in [6, 6.07) is 0. The lowest BCUT2D eigenvalue weighted by Gasteiger charge is -2.26. The van der Waals surface area contributed by atoms with E-state index in [2.05, 4.69) is 62.5 Å². The van der Waals surface area contributed by atoms with Gasteiger partial charge in [-0.15, -0.1) is 0 Å². The minimum absolute atomic E-state index is 0.151. The van der Waals surface area contributed by atoms with E-state index in [0.29, 0.717) is 17.4 Å². The molecule has 0 rings (SSSR count). The van der Waals surface area contributed by atoms with E-state index in [1.807, 2.05) is 21.1 Å². The normalized spacial score (nSPS) is 12.9. The minimum atomic E-state index is -1.62. The van der Waals surface area contributed by atoms with Gasteiger partial charge < -0.3 is 33.3 Å². The van der Waals surface area contributed by atoms with Crippen molar-refractivity contribution in [2.45, 2.75) is 405 Å². The number of carboxylic acids is 1. The molecule has 0 aromatic heterocycles. The minimum Gasteiger partial charge on any atom is -0.545 e. The summed E-state index contributed by atoms with van der Waals surface area (Å²) in [5.74, 6) is -2.25. The molecule has 0 aliphatic rings. The van der Waals surface area contributed by atoms with Crippen LogP contribution in [0.4, 0.5) is 0 Å². The van der Waals surface area contributed by atoms with Gasteiger partial charge in [-0.05, 0) is 51.4 Å². The van der Waals surface area contributed by atoms with Gasteiger partial charge in [-0.2, -0.15) is 0 Å². The van der Waals surface area contributed by atoms with Gasteiger partial charge in [0.2, 0.25) is 0 Å². The SMILES string of the molecule is CC/C=C\C/C=C\C/C=C\C/C=C\CCCCCCCCCCCCCCCCCCCCCCCCCCCCC(=O)OC(COC(=O)CCCCCCCCCCCCCCCCCCCCCCCCCCCC)COC(OCC[N+](C)(C)C)C(=O)[O-]. The highest BCUT2D eigenvalue weighted by atomic mass is 16.7. The molecule has 0 aliphatic heterocycles. The molecule has 0 saturated heterocycles. The summed E-state index contributed by atoms with van der Waals surface area (Å²) in [4.78, 5) is 37.6. The third kappa shape index (κ3) is 72.7. The molecule has 2 unspecified atom stereocenters. The number of ether oxygens (including phenoxy) is 4. The number of carboxylic acid groups (broad SMARTS) is 1. The van der Waals surface area contributed by atoms with Crippen LogP contribution in [-0.4, -0.2) is 82.3 Å². The summed E-state index contributed by atoms with van der Waals surface area (Å²) in [5.41, 5.74) is 0. The monoisotopic (exact) mass is 1270 g/mol. The average Bonchev–Trinajstić information content (AvgIpc) is 3.65. The number of rotatable bonds is 74. The first-order valence-electron chi connectivity index (χ1n) is 39.3. The first-order chi connectivity index (χ1) is 44.1. The number of hydrogen-bond donors (Lipinski definition) is 0. The Hall–Kier alpha value is -2.75. The molecule has 0 amide bonds. The fraction of sp³-hybridized carbons (Fsp3) is 0.864. The molecule has 9 heteroatoms. The maximum absolute atomic E-state index is 13.0. The van der Waals surface area contributed by atoms with Crippen molar-refractivity contribution >= 4 is 17.9 Å². The van der Waals surface area contributed by atoms with Crippen LogP contribution < -0.4 is 5.11 Å². The number of carbonyl (C=O) groups excluding carboxylic acids is 3. The zero-order valence-corrected chi connectivity index (χ0v) is 60.5. The lowest BCUT2D eigenvalue weighted by atomic mass is 10.0. The van der Waals surface area contributed by atoms with E-state index in [9.17, 15) is 19.5 Å². The Bertz CT molecular complexity index is 1620. The first kappa shape index (κ1) is 87.2. The molecular weight excluding hydrogens is 1110 g/mol. The molecule has 90 heavy (non-hydrogen) atoms. The summed E-state index contributed by atoms with van der Waals surface area (Å²) in [5, 5.41) is 11.8. The van der Waals surface area contributed by atoms with Crippen LogP contribution in [0.1, 0.15) is 393 Å². The van der Waals surface area contributed by atoms with E-state index >= 15 is 0 Å². The summed E-state index contributed by atoms with van der Waals surface area (Å²) in [6.07, 6.45) is 91.0. The molecule has 0 aromatic rings. The number of likely N-dealkylation sites (N-methyl/N-ethyl adjacent to an activating group) is 1. The summed E-state index contributed by atoms with van der Waals surface area (Å²) >= 11 is 0. The Morgan fingerprint density at radius 1 is 0.344 bits per heavy atom. The van der Waals surface area contributed by atoms with Crippen LogP contribution in [0.3, 0.4) is 0 Å². The van der Waals surface area contributed by atoms with Gasteiger partial charge in [0.15, 0.2) is 12.4 Å². The Kier molecular flexibility index (Phi) is 69.9. The van der Waals surface area contributed by atoms with E-state index in [1.165, 1.54) is 302 Å². The molecule has 0 bridgehead atoms. The Labute approximate surface area is 559 Å². The zero-order chi connectivity index (χ0) is 65.4. The van der Waals surface area contributed by atoms with Gasteiger partial charge in [0.25, 0.3) is 0 Å². The average molecular weight is 1270 g/mol. The lowest BCUT2D eigenvalue weighted by molar-refractivity contribution is -0.870. The Balaban J connectivity index is 3.95. The summed E-state index contributed by atoms with van der Waals surface area (Å²) < 4.78 is 22.9. The molecule has 0 N–H and O–H groups in total. The van der Waals surface area contributed by atoms with Crippen LogP contribution in [0.2, 0.25) is 0 Å². The molecule has 0 fully saturated rings. The first-order valence-corrected chi connectivity index (χ1v) is 39.3. The standard InChI is InChI=1S/C81H151NO8/c1-6-8-10-12-14-16-18-20-22-24-26-28-30-32-34-35-36-37-38-39-40-41-42-43-44-45-46-48-50-52-54-56-58-60-62-64-66-68-70-72-79(84)90-77(76-89-81(80(85)86)87-74-73-82(3,4)5)75-88-78(83)71-69-67-65-63-61-59-57-55-53-51-49-47-33-31-29-27-25-23-21-19-17-15-13-11-9-7-2/h8,10,14,16,20,22,26,28,77,81H,6-7,9,11-13,15,17-19,21,23-25,27,29-76H2,1-5H3/b10-8-,16-14-,22-20-,28-26-.